The molecule has 1 aromatic carbocycles. The van der Waals surface area contributed by atoms with E-state index in [0.717, 1.165) is 30.3 Å². The molecule has 1 fully saturated rings. The van der Waals surface area contributed by atoms with Gasteiger partial charge >= 0.3 is 0 Å². The summed E-state index contributed by atoms with van der Waals surface area (Å²) >= 11 is 5.95. The van der Waals surface area contributed by atoms with Gasteiger partial charge in [-0.2, -0.15) is 0 Å². The molecular formula is C11H14ClNO. The first-order valence-electron chi connectivity index (χ1n) is 4.81. The van der Waals surface area contributed by atoms with Crippen LogP contribution >= 0.6 is 11.6 Å². The van der Waals surface area contributed by atoms with E-state index >= 15 is 0 Å². The van der Waals surface area contributed by atoms with E-state index < -0.39 is 0 Å². The van der Waals surface area contributed by atoms with Gasteiger partial charge in [0.05, 0.1) is 6.61 Å². The molecule has 14 heavy (non-hydrogen) atoms. The number of benzene rings is 1. The van der Waals surface area contributed by atoms with Crippen LogP contribution in [0.1, 0.15) is 12.5 Å². The van der Waals surface area contributed by atoms with Gasteiger partial charge in [0, 0.05) is 18.1 Å². The molecule has 3 heteroatoms. The Bertz CT molecular complexity index is 321. The summed E-state index contributed by atoms with van der Waals surface area (Å²) in [6.45, 7) is 4.61. The fraction of sp³-hybridized carbons (Fsp3) is 0.455. The maximum atomic E-state index is 5.95. The fourth-order valence-electron chi connectivity index (χ4n) is 1.73. The lowest BCUT2D eigenvalue weighted by Crippen LogP contribution is -2.45. The van der Waals surface area contributed by atoms with Crippen LogP contribution in [-0.2, 0) is 10.3 Å². The molecule has 0 aliphatic carbocycles. The average Bonchev–Trinajstić information content (AvgIpc) is 2.19. The highest BCUT2D eigenvalue weighted by Crippen LogP contribution is 2.28. The van der Waals surface area contributed by atoms with Gasteiger partial charge in [-0.05, 0) is 24.6 Å². The van der Waals surface area contributed by atoms with Gasteiger partial charge in [-0.1, -0.05) is 23.7 Å². The summed E-state index contributed by atoms with van der Waals surface area (Å²) < 4.78 is 5.79. The molecule has 1 heterocycles. The van der Waals surface area contributed by atoms with Gasteiger partial charge in [-0.3, -0.25) is 0 Å². The Hall–Kier alpha value is -0.570. The van der Waals surface area contributed by atoms with Crippen molar-refractivity contribution in [2.24, 2.45) is 0 Å². The van der Waals surface area contributed by atoms with E-state index in [1.165, 1.54) is 0 Å². The van der Waals surface area contributed by atoms with E-state index in [-0.39, 0.29) is 5.60 Å². The van der Waals surface area contributed by atoms with Crippen molar-refractivity contribution in [1.82, 2.24) is 5.32 Å². The molecule has 1 aromatic rings. The average molecular weight is 212 g/mol. The van der Waals surface area contributed by atoms with Crippen molar-refractivity contribution in [2.75, 3.05) is 19.7 Å². The summed E-state index contributed by atoms with van der Waals surface area (Å²) in [6.07, 6.45) is 0. The molecule has 0 radical (unpaired) electrons. The molecule has 2 nitrogen and oxygen atoms in total. The van der Waals surface area contributed by atoms with Gasteiger partial charge in [-0.15, -0.1) is 0 Å². The first kappa shape index (κ1) is 9.97. The number of ether oxygens (including phenoxy) is 1. The minimum absolute atomic E-state index is 0.233. The molecule has 1 N–H and O–H groups in total. The topological polar surface area (TPSA) is 21.3 Å². The third-order valence-electron chi connectivity index (χ3n) is 2.60. The number of halogens is 1. The monoisotopic (exact) mass is 211 g/mol. The Morgan fingerprint density at radius 1 is 1.50 bits per heavy atom. The van der Waals surface area contributed by atoms with Gasteiger partial charge in [0.25, 0.3) is 0 Å². The van der Waals surface area contributed by atoms with Crippen LogP contribution in [0.5, 0.6) is 0 Å². The molecule has 0 amide bonds. The molecule has 76 valence electrons. The fourth-order valence-corrected chi connectivity index (χ4v) is 1.92. The van der Waals surface area contributed by atoms with Crippen LogP contribution in [0.25, 0.3) is 0 Å². The lowest BCUT2D eigenvalue weighted by Gasteiger charge is -2.34. The molecule has 0 spiro atoms. The highest BCUT2D eigenvalue weighted by atomic mass is 35.5. The highest BCUT2D eigenvalue weighted by Gasteiger charge is 2.29. The Morgan fingerprint density at radius 2 is 2.36 bits per heavy atom. The van der Waals surface area contributed by atoms with Crippen LogP contribution in [0.4, 0.5) is 0 Å². The van der Waals surface area contributed by atoms with Crippen molar-refractivity contribution in [3.8, 4) is 0 Å². The van der Waals surface area contributed by atoms with Gasteiger partial charge < -0.3 is 10.1 Å². The molecule has 0 aromatic heterocycles. The predicted octanol–water partition coefficient (Wildman–Crippen LogP) is 2.17. The lowest BCUT2D eigenvalue weighted by atomic mass is 9.95. The summed E-state index contributed by atoms with van der Waals surface area (Å²) in [6, 6.07) is 7.86. The molecule has 1 atom stereocenters. The molecule has 1 saturated heterocycles. The van der Waals surface area contributed by atoms with Gasteiger partial charge in [0.2, 0.25) is 0 Å². The second kappa shape index (κ2) is 3.89. The summed E-state index contributed by atoms with van der Waals surface area (Å²) in [5.74, 6) is 0. The third-order valence-corrected chi connectivity index (χ3v) is 2.83. The number of hydrogen-bond donors (Lipinski definition) is 1. The predicted molar refractivity (Wildman–Crippen MR) is 57.6 cm³/mol. The number of rotatable bonds is 1. The van der Waals surface area contributed by atoms with Crippen LogP contribution in [-0.4, -0.2) is 19.7 Å². The van der Waals surface area contributed by atoms with Crippen LogP contribution in [0, 0.1) is 0 Å². The van der Waals surface area contributed by atoms with Gasteiger partial charge in [0.1, 0.15) is 5.60 Å². The second-order valence-corrected chi connectivity index (χ2v) is 4.20. The molecule has 1 unspecified atom stereocenters. The first-order chi connectivity index (χ1) is 6.71. The zero-order chi connectivity index (χ0) is 10.0. The first-order valence-corrected chi connectivity index (χ1v) is 5.19. The SMILES string of the molecule is CC1(c2cccc(Cl)c2)CNCCO1. The van der Waals surface area contributed by atoms with Gasteiger partial charge in [0.15, 0.2) is 0 Å². The summed E-state index contributed by atoms with van der Waals surface area (Å²) in [7, 11) is 0. The molecule has 1 aliphatic rings. The normalized spacial score (nSPS) is 27.6. The standard InChI is InChI=1S/C11H14ClNO/c1-11(8-13-5-6-14-11)9-3-2-4-10(12)7-9/h2-4,7,13H,5-6,8H2,1H3. The van der Waals surface area contributed by atoms with Crippen LogP contribution in [0.3, 0.4) is 0 Å². The smallest absolute Gasteiger partial charge is 0.103 e. The largest absolute Gasteiger partial charge is 0.368 e. The van der Waals surface area contributed by atoms with Crippen molar-refractivity contribution < 1.29 is 4.74 Å². The van der Waals surface area contributed by atoms with Crippen LogP contribution in [0.15, 0.2) is 24.3 Å². The van der Waals surface area contributed by atoms with Crippen molar-refractivity contribution in [2.45, 2.75) is 12.5 Å². The summed E-state index contributed by atoms with van der Waals surface area (Å²) in [5.41, 5.74) is 0.903. The lowest BCUT2D eigenvalue weighted by molar-refractivity contribution is -0.0572. The molecular weight excluding hydrogens is 198 g/mol. The number of morpholine rings is 1. The van der Waals surface area contributed by atoms with E-state index in [0.29, 0.717) is 0 Å². The van der Waals surface area contributed by atoms with Crippen molar-refractivity contribution in [3.63, 3.8) is 0 Å². The highest BCUT2D eigenvalue weighted by molar-refractivity contribution is 6.30. The minimum atomic E-state index is -0.233. The number of hydrogen-bond acceptors (Lipinski definition) is 2. The second-order valence-electron chi connectivity index (χ2n) is 3.77. The zero-order valence-electron chi connectivity index (χ0n) is 8.22. The van der Waals surface area contributed by atoms with Crippen LogP contribution in [0.2, 0.25) is 5.02 Å². The summed E-state index contributed by atoms with van der Waals surface area (Å²) in [5, 5.41) is 4.09. The van der Waals surface area contributed by atoms with E-state index in [2.05, 4.69) is 18.3 Å². The number of nitrogens with one attached hydrogen (secondary N) is 1. The van der Waals surface area contributed by atoms with Crippen molar-refractivity contribution in [1.29, 1.82) is 0 Å². The Labute approximate surface area is 89.2 Å². The molecule has 2 rings (SSSR count). The maximum absolute atomic E-state index is 5.95. The minimum Gasteiger partial charge on any atom is -0.368 e. The van der Waals surface area contributed by atoms with E-state index in [1.54, 1.807) is 0 Å². The van der Waals surface area contributed by atoms with E-state index in [9.17, 15) is 0 Å². The Morgan fingerprint density at radius 3 is 3.00 bits per heavy atom. The Balaban J connectivity index is 2.28. The molecule has 0 bridgehead atoms. The van der Waals surface area contributed by atoms with Crippen molar-refractivity contribution in [3.05, 3.63) is 34.9 Å². The van der Waals surface area contributed by atoms with E-state index in [1.807, 2.05) is 18.2 Å². The quantitative estimate of drug-likeness (QED) is 0.769. The zero-order valence-corrected chi connectivity index (χ0v) is 8.97. The van der Waals surface area contributed by atoms with Crippen LogP contribution < -0.4 is 5.32 Å². The van der Waals surface area contributed by atoms with Crippen molar-refractivity contribution >= 4 is 11.6 Å². The molecule has 0 saturated carbocycles. The third kappa shape index (κ3) is 1.92. The summed E-state index contributed by atoms with van der Waals surface area (Å²) in [4.78, 5) is 0. The van der Waals surface area contributed by atoms with Gasteiger partial charge in [-0.25, -0.2) is 0 Å². The molecule has 1 aliphatic heterocycles. The Kier molecular flexibility index (Phi) is 2.77. The maximum Gasteiger partial charge on any atom is 0.103 e. The van der Waals surface area contributed by atoms with E-state index in [4.69, 9.17) is 16.3 Å².